The van der Waals surface area contributed by atoms with E-state index in [1.54, 1.807) is 11.8 Å². The largest absolute Gasteiger partial charge is 0.351 e. The highest BCUT2D eigenvalue weighted by molar-refractivity contribution is 7.99. The van der Waals surface area contributed by atoms with Crippen LogP contribution in [0.15, 0.2) is 47.4 Å². The van der Waals surface area contributed by atoms with Crippen molar-refractivity contribution < 1.29 is 4.79 Å². The molecule has 2 rings (SSSR count). The van der Waals surface area contributed by atoms with Crippen molar-refractivity contribution in [3.63, 3.8) is 0 Å². The minimum atomic E-state index is 0.0178. The zero-order chi connectivity index (χ0) is 15.2. The summed E-state index contributed by atoms with van der Waals surface area (Å²) in [5, 5.41) is 3.00. The van der Waals surface area contributed by atoms with Crippen LogP contribution in [0.5, 0.6) is 0 Å². The van der Waals surface area contributed by atoms with Gasteiger partial charge in [-0.05, 0) is 55.7 Å². The Hall–Kier alpha value is -1.74. The molecule has 0 fully saturated rings. The lowest BCUT2D eigenvalue weighted by molar-refractivity contribution is 0.0955. The molecule has 0 radical (unpaired) electrons. The fourth-order valence-electron chi connectivity index (χ4n) is 2.15. The minimum absolute atomic E-state index is 0.0178. The molecule has 0 spiro atoms. The van der Waals surface area contributed by atoms with Crippen LogP contribution in [0.25, 0.3) is 0 Å². The number of carbonyl (C=O) groups is 1. The molecule has 0 aliphatic carbocycles. The lowest BCUT2D eigenvalue weighted by Gasteiger charge is -2.10. The van der Waals surface area contributed by atoms with Gasteiger partial charge in [-0.15, -0.1) is 11.8 Å². The average Bonchev–Trinajstić information content (AvgIpc) is 2.48. The maximum atomic E-state index is 12.2. The summed E-state index contributed by atoms with van der Waals surface area (Å²) in [6.45, 7) is 6.77. The smallest absolute Gasteiger partial charge is 0.251 e. The van der Waals surface area contributed by atoms with E-state index in [0.29, 0.717) is 6.54 Å². The SMILES string of the molecule is Cc1cc(C)c(C(=O)NCCSc2ccccc2)cc1C. The van der Waals surface area contributed by atoms with Crippen LogP contribution in [0.3, 0.4) is 0 Å². The second-order valence-corrected chi connectivity index (χ2v) is 6.34. The van der Waals surface area contributed by atoms with E-state index in [1.165, 1.54) is 10.5 Å². The molecule has 0 saturated carbocycles. The molecule has 0 unspecified atom stereocenters. The highest BCUT2D eigenvalue weighted by atomic mass is 32.2. The Labute approximate surface area is 131 Å². The van der Waals surface area contributed by atoms with Gasteiger partial charge in [0.05, 0.1) is 0 Å². The van der Waals surface area contributed by atoms with E-state index >= 15 is 0 Å². The average molecular weight is 299 g/mol. The van der Waals surface area contributed by atoms with Crippen LogP contribution in [-0.2, 0) is 0 Å². The van der Waals surface area contributed by atoms with Gasteiger partial charge in [-0.2, -0.15) is 0 Å². The third-order valence-corrected chi connectivity index (χ3v) is 4.50. The first kappa shape index (κ1) is 15.6. The number of aryl methyl sites for hydroxylation is 3. The number of hydrogen-bond donors (Lipinski definition) is 1. The van der Waals surface area contributed by atoms with Gasteiger partial charge in [-0.1, -0.05) is 24.3 Å². The highest BCUT2D eigenvalue weighted by Crippen LogP contribution is 2.17. The summed E-state index contributed by atoms with van der Waals surface area (Å²) in [5.74, 6) is 0.892. The van der Waals surface area contributed by atoms with Crippen molar-refractivity contribution >= 4 is 17.7 Å². The van der Waals surface area contributed by atoms with Crippen molar-refractivity contribution in [2.24, 2.45) is 0 Å². The highest BCUT2D eigenvalue weighted by Gasteiger charge is 2.09. The Balaban J connectivity index is 1.86. The van der Waals surface area contributed by atoms with Gasteiger partial charge < -0.3 is 5.32 Å². The quantitative estimate of drug-likeness (QED) is 0.664. The second-order valence-electron chi connectivity index (χ2n) is 5.17. The predicted octanol–water partition coefficient (Wildman–Crippen LogP) is 4.13. The number of thioether (sulfide) groups is 1. The molecular formula is C18H21NOS. The van der Waals surface area contributed by atoms with Crippen LogP contribution in [0, 0.1) is 20.8 Å². The summed E-state index contributed by atoms with van der Waals surface area (Å²) < 4.78 is 0. The van der Waals surface area contributed by atoms with Gasteiger partial charge in [0.25, 0.3) is 5.91 Å². The molecule has 2 nitrogen and oxygen atoms in total. The van der Waals surface area contributed by atoms with Gasteiger partial charge >= 0.3 is 0 Å². The molecule has 0 heterocycles. The molecule has 0 aliphatic heterocycles. The summed E-state index contributed by atoms with van der Waals surface area (Å²) >= 11 is 1.75. The molecule has 0 bridgehead atoms. The van der Waals surface area contributed by atoms with Gasteiger partial charge in [0.2, 0.25) is 0 Å². The molecule has 0 saturated heterocycles. The van der Waals surface area contributed by atoms with Gasteiger partial charge in [0.1, 0.15) is 0 Å². The van der Waals surface area contributed by atoms with Crippen LogP contribution in [0.2, 0.25) is 0 Å². The lowest BCUT2D eigenvalue weighted by atomic mass is 10.0. The third kappa shape index (κ3) is 4.36. The minimum Gasteiger partial charge on any atom is -0.351 e. The van der Waals surface area contributed by atoms with Crippen LogP contribution in [0.1, 0.15) is 27.0 Å². The molecule has 110 valence electrons. The fourth-order valence-corrected chi connectivity index (χ4v) is 2.94. The molecule has 0 aliphatic rings. The van der Waals surface area contributed by atoms with E-state index in [9.17, 15) is 4.79 Å². The molecule has 3 heteroatoms. The number of benzene rings is 2. The molecule has 0 aromatic heterocycles. The molecule has 0 atom stereocenters. The Kier molecular flexibility index (Phi) is 5.45. The monoisotopic (exact) mass is 299 g/mol. The first-order valence-electron chi connectivity index (χ1n) is 7.12. The van der Waals surface area contributed by atoms with E-state index in [4.69, 9.17) is 0 Å². The Morgan fingerprint density at radius 1 is 1.00 bits per heavy atom. The summed E-state index contributed by atoms with van der Waals surface area (Å²) in [5.41, 5.74) is 4.20. The lowest BCUT2D eigenvalue weighted by Crippen LogP contribution is -2.26. The Bertz CT molecular complexity index is 623. The van der Waals surface area contributed by atoms with Crippen molar-refractivity contribution in [1.82, 2.24) is 5.32 Å². The zero-order valence-electron chi connectivity index (χ0n) is 12.8. The van der Waals surface area contributed by atoms with Gasteiger partial charge in [-0.3, -0.25) is 4.79 Å². The molecular weight excluding hydrogens is 278 g/mol. The molecule has 21 heavy (non-hydrogen) atoms. The molecule has 2 aromatic rings. The topological polar surface area (TPSA) is 29.1 Å². The number of carbonyl (C=O) groups excluding carboxylic acids is 1. The third-order valence-electron chi connectivity index (χ3n) is 3.48. The second kappa shape index (κ2) is 7.32. The summed E-state index contributed by atoms with van der Waals surface area (Å²) in [6.07, 6.45) is 0. The van der Waals surface area contributed by atoms with Crippen LogP contribution >= 0.6 is 11.8 Å². The van der Waals surface area contributed by atoms with E-state index in [2.05, 4.69) is 30.4 Å². The molecule has 2 aromatic carbocycles. The summed E-state index contributed by atoms with van der Waals surface area (Å²) in [4.78, 5) is 13.5. The maximum absolute atomic E-state index is 12.2. The van der Waals surface area contributed by atoms with Crippen molar-refractivity contribution in [2.45, 2.75) is 25.7 Å². The Morgan fingerprint density at radius 3 is 2.38 bits per heavy atom. The van der Waals surface area contributed by atoms with Gasteiger partial charge in [0.15, 0.2) is 0 Å². The van der Waals surface area contributed by atoms with E-state index in [0.717, 1.165) is 22.4 Å². The van der Waals surface area contributed by atoms with E-state index < -0.39 is 0 Å². The van der Waals surface area contributed by atoms with Crippen molar-refractivity contribution in [3.8, 4) is 0 Å². The van der Waals surface area contributed by atoms with Crippen LogP contribution < -0.4 is 5.32 Å². The first-order chi connectivity index (χ1) is 10.1. The summed E-state index contributed by atoms with van der Waals surface area (Å²) in [7, 11) is 0. The number of nitrogens with one attached hydrogen (secondary N) is 1. The van der Waals surface area contributed by atoms with Crippen molar-refractivity contribution in [1.29, 1.82) is 0 Å². The van der Waals surface area contributed by atoms with Gasteiger partial charge in [0, 0.05) is 22.8 Å². The first-order valence-corrected chi connectivity index (χ1v) is 8.10. The standard InChI is InChI=1S/C18H21NOS/c1-13-11-15(3)17(12-14(13)2)18(20)19-9-10-21-16-7-5-4-6-8-16/h4-8,11-12H,9-10H2,1-3H3,(H,19,20). The number of rotatable bonds is 5. The zero-order valence-corrected chi connectivity index (χ0v) is 13.6. The molecule has 1 amide bonds. The summed E-state index contributed by atoms with van der Waals surface area (Å²) in [6, 6.07) is 14.3. The Morgan fingerprint density at radius 2 is 1.67 bits per heavy atom. The number of amides is 1. The molecule has 1 N–H and O–H groups in total. The van der Waals surface area contributed by atoms with Crippen molar-refractivity contribution in [2.75, 3.05) is 12.3 Å². The fraction of sp³-hybridized carbons (Fsp3) is 0.278. The van der Waals surface area contributed by atoms with Gasteiger partial charge in [-0.25, -0.2) is 0 Å². The predicted molar refractivity (Wildman–Crippen MR) is 90.2 cm³/mol. The van der Waals surface area contributed by atoms with E-state index in [-0.39, 0.29) is 5.91 Å². The maximum Gasteiger partial charge on any atom is 0.251 e. The normalized spacial score (nSPS) is 10.4. The van der Waals surface area contributed by atoms with Crippen LogP contribution in [-0.4, -0.2) is 18.2 Å². The van der Waals surface area contributed by atoms with E-state index in [1.807, 2.05) is 38.1 Å². The van der Waals surface area contributed by atoms with Crippen LogP contribution in [0.4, 0.5) is 0 Å². The van der Waals surface area contributed by atoms with Crippen molar-refractivity contribution in [3.05, 3.63) is 64.7 Å². The number of hydrogen-bond acceptors (Lipinski definition) is 2.